The molecule has 3 heteroatoms. The van der Waals surface area contributed by atoms with Crippen molar-refractivity contribution in [1.82, 2.24) is 5.32 Å². The molecule has 0 aliphatic heterocycles. The van der Waals surface area contributed by atoms with Crippen LogP contribution < -0.4 is 5.32 Å². The molecule has 3 nitrogen and oxygen atoms in total. The van der Waals surface area contributed by atoms with Crippen LogP contribution in [0.3, 0.4) is 0 Å². The Morgan fingerprint density at radius 1 is 1.44 bits per heavy atom. The number of hydrogen-bond acceptors (Lipinski definition) is 3. The molecular weight excluding hydrogens is 202 g/mol. The third-order valence-electron chi connectivity index (χ3n) is 2.79. The summed E-state index contributed by atoms with van der Waals surface area (Å²) in [5, 5.41) is 3.47. The van der Waals surface area contributed by atoms with E-state index in [2.05, 4.69) is 26.1 Å². The van der Waals surface area contributed by atoms with Gasteiger partial charge in [0.1, 0.15) is 5.76 Å². The summed E-state index contributed by atoms with van der Waals surface area (Å²) in [6, 6.07) is 4.24. The van der Waals surface area contributed by atoms with Crippen LogP contribution >= 0.6 is 0 Å². The first-order valence-corrected chi connectivity index (χ1v) is 5.97. The zero-order valence-corrected chi connectivity index (χ0v) is 10.7. The maximum absolute atomic E-state index is 5.57. The first-order valence-electron chi connectivity index (χ1n) is 5.97. The van der Waals surface area contributed by atoms with Gasteiger partial charge in [0.25, 0.3) is 0 Å². The Labute approximate surface area is 98.2 Å². The number of hydrogen-bond donors (Lipinski definition) is 1. The molecule has 1 heterocycles. The molecule has 0 saturated carbocycles. The molecule has 0 aromatic carbocycles. The van der Waals surface area contributed by atoms with Gasteiger partial charge < -0.3 is 14.5 Å². The van der Waals surface area contributed by atoms with Gasteiger partial charge >= 0.3 is 0 Å². The summed E-state index contributed by atoms with van der Waals surface area (Å²) in [7, 11) is 1.77. The smallest absolute Gasteiger partial charge is 0.105 e. The molecule has 1 N–H and O–H groups in total. The van der Waals surface area contributed by atoms with Crippen molar-refractivity contribution in [2.24, 2.45) is 5.92 Å². The van der Waals surface area contributed by atoms with Crippen LogP contribution in [0.1, 0.15) is 26.5 Å². The molecule has 0 aliphatic rings. The van der Waals surface area contributed by atoms with Crippen molar-refractivity contribution in [3.8, 4) is 0 Å². The van der Waals surface area contributed by atoms with Gasteiger partial charge in [-0.3, -0.25) is 0 Å². The summed E-state index contributed by atoms with van der Waals surface area (Å²) in [5.41, 5.74) is 0. The molecule has 92 valence electrons. The number of furan rings is 1. The molecule has 1 aromatic rings. The predicted molar refractivity (Wildman–Crippen MR) is 65.5 cm³/mol. The average Bonchev–Trinajstić information content (AvgIpc) is 2.71. The summed E-state index contributed by atoms with van der Waals surface area (Å²) in [5.74, 6) is 1.50. The van der Waals surface area contributed by atoms with Gasteiger partial charge in [0.2, 0.25) is 0 Å². The monoisotopic (exact) mass is 225 g/mol. The quantitative estimate of drug-likeness (QED) is 0.774. The fourth-order valence-corrected chi connectivity index (χ4v) is 2.11. The lowest BCUT2D eigenvalue weighted by Gasteiger charge is -2.29. The summed E-state index contributed by atoms with van der Waals surface area (Å²) in [6.07, 6.45) is 2.80. The Balaban J connectivity index is 2.65. The molecule has 0 radical (unpaired) electrons. The van der Waals surface area contributed by atoms with Crippen LogP contribution in [0.15, 0.2) is 22.8 Å². The molecule has 0 spiro atoms. The lowest BCUT2D eigenvalue weighted by molar-refractivity contribution is 0.0323. The molecule has 0 saturated heterocycles. The van der Waals surface area contributed by atoms with Crippen LogP contribution in [-0.4, -0.2) is 25.8 Å². The first-order chi connectivity index (χ1) is 7.69. The zero-order chi connectivity index (χ0) is 12.0. The van der Waals surface area contributed by atoms with E-state index < -0.39 is 0 Å². The van der Waals surface area contributed by atoms with Crippen molar-refractivity contribution in [3.05, 3.63) is 24.2 Å². The first kappa shape index (κ1) is 13.3. The van der Waals surface area contributed by atoms with Crippen LogP contribution in [0.5, 0.6) is 0 Å². The summed E-state index contributed by atoms with van der Waals surface area (Å²) in [4.78, 5) is 0. The minimum atomic E-state index is 0.213. The minimum Gasteiger partial charge on any atom is -0.469 e. The Morgan fingerprint density at radius 3 is 2.62 bits per heavy atom. The molecule has 16 heavy (non-hydrogen) atoms. The number of rotatable bonds is 7. The molecule has 2 atom stereocenters. The Kier molecular flexibility index (Phi) is 5.56. The van der Waals surface area contributed by atoms with Crippen molar-refractivity contribution in [1.29, 1.82) is 0 Å². The van der Waals surface area contributed by atoms with E-state index in [1.807, 2.05) is 12.1 Å². The van der Waals surface area contributed by atoms with E-state index in [0.717, 1.165) is 18.7 Å². The normalized spacial score (nSPS) is 15.3. The second-order valence-electron chi connectivity index (χ2n) is 4.39. The van der Waals surface area contributed by atoms with Crippen LogP contribution in [0.25, 0.3) is 0 Å². The Morgan fingerprint density at radius 2 is 2.19 bits per heavy atom. The van der Waals surface area contributed by atoms with Crippen LogP contribution in [0, 0.1) is 5.92 Å². The summed E-state index contributed by atoms with van der Waals surface area (Å²) in [6.45, 7) is 7.42. The number of nitrogens with one attached hydrogen (secondary N) is 1. The highest BCUT2D eigenvalue weighted by Gasteiger charge is 2.24. The maximum atomic E-state index is 5.57. The minimum absolute atomic E-state index is 0.213. The highest BCUT2D eigenvalue weighted by Crippen LogP contribution is 2.15. The molecule has 1 rings (SSSR count). The molecule has 2 unspecified atom stereocenters. The number of methoxy groups -OCH3 is 1. The molecule has 0 fully saturated rings. The Hall–Kier alpha value is -0.800. The van der Waals surface area contributed by atoms with Crippen LogP contribution in [-0.2, 0) is 11.2 Å². The standard InChI is InChI=1S/C13H23NO2/c1-5-14-12(13(15-4)10(2)3)9-11-7-6-8-16-11/h6-8,10,12-14H,5,9H2,1-4H3. The third kappa shape index (κ3) is 3.65. The molecular formula is C13H23NO2. The fraction of sp³-hybridized carbons (Fsp3) is 0.692. The van der Waals surface area contributed by atoms with Crippen molar-refractivity contribution in [2.75, 3.05) is 13.7 Å². The van der Waals surface area contributed by atoms with Gasteiger partial charge in [0.15, 0.2) is 0 Å². The van der Waals surface area contributed by atoms with Gasteiger partial charge in [-0.25, -0.2) is 0 Å². The van der Waals surface area contributed by atoms with Crippen LogP contribution in [0.4, 0.5) is 0 Å². The van der Waals surface area contributed by atoms with Crippen molar-refractivity contribution < 1.29 is 9.15 Å². The topological polar surface area (TPSA) is 34.4 Å². The molecule has 0 bridgehead atoms. The van der Waals surface area contributed by atoms with Crippen molar-refractivity contribution in [3.63, 3.8) is 0 Å². The van der Waals surface area contributed by atoms with Gasteiger partial charge in [0, 0.05) is 19.6 Å². The third-order valence-corrected chi connectivity index (χ3v) is 2.79. The van der Waals surface area contributed by atoms with E-state index in [1.54, 1.807) is 13.4 Å². The van der Waals surface area contributed by atoms with E-state index >= 15 is 0 Å². The molecule has 0 amide bonds. The fourth-order valence-electron chi connectivity index (χ4n) is 2.11. The molecule has 1 aromatic heterocycles. The summed E-state index contributed by atoms with van der Waals surface area (Å²) >= 11 is 0. The second-order valence-corrected chi connectivity index (χ2v) is 4.39. The van der Waals surface area contributed by atoms with E-state index in [-0.39, 0.29) is 6.10 Å². The van der Waals surface area contributed by atoms with Gasteiger partial charge in [-0.1, -0.05) is 20.8 Å². The lowest BCUT2D eigenvalue weighted by atomic mass is 9.96. The van der Waals surface area contributed by atoms with Gasteiger partial charge in [-0.2, -0.15) is 0 Å². The van der Waals surface area contributed by atoms with Gasteiger partial charge in [-0.05, 0) is 24.6 Å². The average molecular weight is 225 g/mol. The van der Waals surface area contributed by atoms with Crippen molar-refractivity contribution in [2.45, 2.75) is 39.3 Å². The van der Waals surface area contributed by atoms with Crippen LogP contribution in [0.2, 0.25) is 0 Å². The highest BCUT2D eigenvalue weighted by molar-refractivity contribution is 5.02. The molecule has 0 aliphatic carbocycles. The predicted octanol–water partition coefficient (Wildman–Crippen LogP) is 2.47. The number of ether oxygens (including phenoxy) is 1. The number of likely N-dealkylation sites (N-methyl/N-ethyl adjacent to an activating group) is 1. The summed E-state index contributed by atoms with van der Waals surface area (Å²) < 4.78 is 11.0. The Bertz CT molecular complexity index is 269. The second kappa shape index (κ2) is 6.71. The van der Waals surface area contributed by atoms with E-state index in [1.165, 1.54) is 0 Å². The lowest BCUT2D eigenvalue weighted by Crippen LogP contribution is -2.45. The van der Waals surface area contributed by atoms with E-state index in [9.17, 15) is 0 Å². The SMILES string of the molecule is CCNC(Cc1ccco1)C(OC)C(C)C. The van der Waals surface area contributed by atoms with E-state index in [4.69, 9.17) is 9.15 Å². The van der Waals surface area contributed by atoms with Crippen molar-refractivity contribution >= 4 is 0 Å². The van der Waals surface area contributed by atoms with Gasteiger partial charge in [0.05, 0.1) is 12.4 Å². The van der Waals surface area contributed by atoms with Gasteiger partial charge in [-0.15, -0.1) is 0 Å². The van der Waals surface area contributed by atoms with E-state index in [0.29, 0.717) is 12.0 Å². The largest absolute Gasteiger partial charge is 0.469 e. The maximum Gasteiger partial charge on any atom is 0.105 e. The zero-order valence-electron chi connectivity index (χ0n) is 10.7. The highest BCUT2D eigenvalue weighted by atomic mass is 16.5.